The number of hydrogen-bond acceptors (Lipinski definition) is 6. The van der Waals surface area contributed by atoms with Gasteiger partial charge in [0, 0.05) is 50.3 Å². The number of thioether (sulfide) groups is 1. The van der Waals surface area contributed by atoms with E-state index in [1.807, 2.05) is 17.0 Å². The third-order valence-electron chi connectivity index (χ3n) is 4.90. The van der Waals surface area contributed by atoms with Gasteiger partial charge in [0.2, 0.25) is 0 Å². The Morgan fingerprint density at radius 3 is 2.50 bits per heavy atom. The zero-order valence-corrected chi connectivity index (χ0v) is 17.6. The average molecular weight is 401 g/mol. The van der Waals surface area contributed by atoms with E-state index in [2.05, 4.69) is 47.8 Å². The molecule has 7 heteroatoms. The Labute approximate surface area is 171 Å². The van der Waals surface area contributed by atoms with Crippen molar-refractivity contribution in [1.29, 1.82) is 0 Å². The minimum atomic E-state index is 0.0322. The zero-order valence-electron chi connectivity index (χ0n) is 16.8. The second-order valence-electron chi connectivity index (χ2n) is 6.84. The number of nitrogens with one attached hydrogen (secondary N) is 1. The standard InChI is InChI=1S/C21H28N4O2S/c1-24-11-13-25(14-12-24)21(26)18-8-9-19(23-20(18)22-10-15-27-2)16-4-6-17(28-3)7-5-16/h4-9H,10-15H2,1-3H3,(H,22,23). The summed E-state index contributed by atoms with van der Waals surface area (Å²) in [6, 6.07) is 12.1. The second kappa shape index (κ2) is 9.91. The van der Waals surface area contributed by atoms with Crippen molar-refractivity contribution >= 4 is 23.5 Å². The number of likely N-dealkylation sites (N-methyl/N-ethyl adjacent to an activating group) is 1. The lowest BCUT2D eigenvalue weighted by Gasteiger charge is -2.32. The number of nitrogens with zero attached hydrogens (tertiary/aromatic N) is 3. The number of aromatic nitrogens is 1. The molecular formula is C21H28N4O2S. The molecule has 0 radical (unpaired) electrons. The number of anilines is 1. The highest BCUT2D eigenvalue weighted by molar-refractivity contribution is 7.98. The first-order chi connectivity index (χ1) is 13.6. The molecule has 1 aliphatic heterocycles. The monoisotopic (exact) mass is 400 g/mol. The van der Waals surface area contributed by atoms with E-state index in [0.29, 0.717) is 24.5 Å². The van der Waals surface area contributed by atoms with Crippen LogP contribution in [0, 0.1) is 0 Å². The van der Waals surface area contributed by atoms with Crippen molar-refractivity contribution in [2.45, 2.75) is 4.90 Å². The molecule has 1 aromatic heterocycles. The van der Waals surface area contributed by atoms with Gasteiger partial charge in [0.1, 0.15) is 5.82 Å². The predicted octanol–water partition coefficient (Wildman–Crippen LogP) is 2.92. The lowest BCUT2D eigenvalue weighted by atomic mass is 10.1. The maximum atomic E-state index is 13.1. The Hall–Kier alpha value is -2.09. The number of amides is 1. The molecule has 1 saturated heterocycles. The lowest BCUT2D eigenvalue weighted by molar-refractivity contribution is 0.0664. The van der Waals surface area contributed by atoms with Crippen molar-refractivity contribution in [1.82, 2.24) is 14.8 Å². The first-order valence-electron chi connectivity index (χ1n) is 9.48. The Morgan fingerprint density at radius 1 is 1.14 bits per heavy atom. The number of methoxy groups -OCH3 is 1. The van der Waals surface area contributed by atoms with Gasteiger partial charge >= 0.3 is 0 Å². The van der Waals surface area contributed by atoms with Crippen molar-refractivity contribution in [2.24, 2.45) is 0 Å². The van der Waals surface area contributed by atoms with Gasteiger partial charge in [-0.1, -0.05) is 12.1 Å². The number of pyridine rings is 1. The molecule has 1 amide bonds. The number of benzene rings is 1. The molecule has 3 rings (SSSR count). The van der Waals surface area contributed by atoms with Gasteiger partial charge in [-0.25, -0.2) is 4.98 Å². The van der Waals surface area contributed by atoms with Crippen LogP contribution in [0.5, 0.6) is 0 Å². The fourth-order valence-corrected chi connectivity index (χ4v) is 3.55. The van der Waals surface area contributed by atoms with Gasteiger partial charge in [-0.3, -0.25) is 4.79 Å². The molecule has 1 fully saturated rings. The summed E-state index contributed by atoms with van der Waals surface area (Å²) in [5.41, 5.74) is 2.50. The van der Waals surface area contributed by atoms with Gasteiger partial charge in [-0.2, -0.15) is 0 Å². The molecule has 1 aromatic carbocycles. The number of carbonyl (C=O) groups is 1. The Balaban J connectivity index is 1.86. The van der Waals surface area contributed by atoms with Gasteiger partial charge in [-0.05, 0) is 37.6 Å². The van der Waals surface area contributed by atoms with Gasteiger partial charge < -0.3 is 19.9 Å². The number of ether oxygens (including phenoxy) is 1. The summed E-state index contributed by atoms with van der Waals surface area (Å²) in [4.78, 5) is 23.2. The Morgan fingerprint density at radius 2 is 1.86 bits per heavy atom. The van der Waals surface area contributed by atoms with E-state index < -0.39 is 0 Å². The number of rotatable bonds is 7. The zero-order chi connectivity index (χ0) is 19.9. The SMILES string of the molecule is COCCNc1nc(-c2ccc(SC)cc2)ccc1C(=O)N1CCN(C)CC1. The van der Waals surface area contributed by atoms with Crippen LogP contribution in [0.2, 0.25) is 0 Å². The van der Waals surface area contributed by atoms with Gasteiger partial charge in [0.15, 0.2) is 0 Å². The van der Waals surface area contributed by atoms with E-state index in [-0.39, 0.29) is 5.91 Å². The number of piperazine rings is 1. The van der Waals surface area contributed by atoms with E-state index in [0.717, 1.165) is 37.4 Å². The molecule has 0 aliphatic carbocycles. The molecule has 0 bridgehead atoms. The summed E-state index contributed by atoms with van der Waals surface area (Å²) in [6.07, 6.45) is 2.06. The smallest absolute Gasteiger partial charge is 0.257 e. The summed E-state index contributed by atoms with van der Waals surface area (Å²) < 4.78 is 5.14. The summed E-state index contributed by atoms with van der Waals surface area (Å²) in [5.74, 6) is 0.650. The largest absolute Gasteiger partial charge is 0.383 e. The quantitative estimate of drug-likeness (QED) is 0.570. The van der Waals surface area contributed by atoms with Crippen LogP contribution in [0.3, 0.4) is 0 Å². The second-order valence-corrected chi connectivity index (χ2v) is 7.72. The van der Waals surface area contributed by atoms with Crippen LogP contribution in [-0.2, 0) is 4.74 Å². The van der Waals surface area contributed by atoms with E-state index >= 15 is 0 Å². The molecule has 28 heavy (non-hydrogen) atoms. The van der Waals surface area contributed by atoms with Crippen molar-refractivity contribution in [3.05, 3.63) is 42.0 Å². The lowest BCUT2D eigenvalue weighted by Crippen LogP contribution is -2.47. The molecule has 6 nitrogen and oxygen atoms in total. The summed E-state index contributed by atoms with van der Waals surface area (Å²) in [5, 5.41) is 3.28. The molecule has 1 aliphatic rings. The highest BCUT2D eigenvalue weighted by Crippen LogP contribution is 2.25. The molecule has 0 unspecified atom stereocenters. The van der Waals surface area contributed by atoms with Crippen LogP contribution in [0.1, 0.15) is 10.4 Å². The molecule has 150 valence electrons. The van der Waals surface area contributed by atoms with Crippen molar-refractivity contribution in [3.8, 4) is 11.3 Å². The molecule has 2 aromatic rings. The minimum Gasteiger partial charge on any atom is -0.383 e. The first kappa shape index (κ1) is 20.6. The normalized spacial score (nSPS) is 14.9. The number of carbonyl (C=O) groups excluding carboxylic acids is 1. The third-order valence-corrected chi connectivity index (χ3v) is 5.64. The molecular weight excluding hydrogens is 372 g/mol. The molecule has 0 spiro atoms. The summed E-state index contributed by atoms with van der Waals surface area (Å²) in [6.45, 7) is 4.42. The average Bonchev–Trinajstić information content (AvgIpc) is 2.74. The Kier molecular flexibility index (Phi) is 7.30. The first-order valence-corrected chi connectivity index (χ1v) is 10.7. The predicted molar refractivity (Wildman–Crippen MR) is 115 cm³/mol. The molecule has 2 heterocycles. The van der Waals surface area contributed by atoms with Crippen LogP contribution in [-0.4, -0.2) is 80.4 Å². The van der Waals surface area contributed by atoms with Crippen LogP contribution in [0.15, 0.2) is 41.3 Å². The van der Waals surface area contributed by atoms with Gasteiger partial charge in [0.25, 0.3) is 5.91 Å². The highest BCUT2D eigenvalue weighted by Gasteiger charge is 2.23. The van der Waals surface area contributed by atoms with Crippen molar-refractivity contribution in [2.75, 3.05) is 65.1 Å². The maximum Gasteiger partial charge on any atom is 0.257 e. The summed E-state index contributed by atoms with van der Waals surface area (Å²) >= 11 is 1.71. The topological polar surface area (TPSA) is 57.7 Å². The fourth-order valence-electron chi connectivity index (χ4n) is 3.14. The molecule has 1 N–H and O–H groups in total. The van der Waals surface area contributed by atoms with Crippen LogP contribution in [0.25, 0.3) is 11.3 Å². The van der Waals surface area contributed by atoms with Crippen LogP contribution >= 0.6 is 11.8 Å². The molecule has 0 atom stereocenters. The highest BCUT2D eigenvalue weighted by atomic mass is 32.2. The van der Waals surface area contributed by atoms with Crippen molar-refractivity contribution in [3.63, 3.8) is 0 Å². The van der Waals surface area contributed by atoms with E-state index in [4.69, 9.17) is 9.72 Å². The van der Waals surface area contributed by atoms with E-state index in [9.17, 15) is 4.79 Å². The maximum absolute atomic E-state index is 13.1. The minimum absolute atomic E-state index is 0.0322. The number of hydrogen-bond donors (Lipinski definition) is 1. The third kappa shape index (κ3) is 5.04. The fraction of sp³-hybridized carbons (Fsp3) is 0.429. The van der Waals surface area contributed by atoms with Crippen molar-refractivity contribution < 1.29 is 9.53 Å². The summed E-state index contributed by atoms with van der Waals surface area (Å²) in [7, 11) is 3.74. The van der Waals surface area contributed by atoms with Crippen LogP contribution in [0.4, 0.5) is 5.82 Å². The Bertz CT molecular complexity index is 789. The van der Waals surface area contributed by atoms with Gasteiger partial charge in [-0.15, -0.1) is 11.8 Å². The molecule has 0 saturated carbocycles. The van der Waals surface area contributed by atoms with Gasteiger partial charge in [0.05, 0.1) is 17.9 Å². The van der Waals surface area contributed by atoms with E-state index in [1.165, 1.54) is 4.90 Å². The van der Waals surface area contributed by atoms with E-state index in [1.54, 1.807) is 18.9 Å². The van der Waals surface area contributed by atoms with Crippen LogP contribution < -0.4 is 5.32 Å².